The molecule has 0 atom stereocenters. The molecule has 4 heteroatoms. The molecule has 0 bridgehead atoms. The van der Waals surface area contributed by atoms with Gasteiger partial charge in [-0.3, -0.25) is 5.32 Å². The summed E-state index contributed by atoms with van der Waals surface area (Å²) in [6, 6.07) is 3.93. The minimum absolute atomic E-state index is 0.557. The average molecular weight is 244 g/mol. The maximum atomic E-state index is 6.08. The van der Waals surface area contributed by atoms with E-state index < -0.39 is 0 Å². The Morgan fingerprint density at radius 2 is 2.06 bits per heavy atom. The van der Waals surface area contributed by atoms with Crippen LogP contribution in [-0.2, 0) is 11.2 Å². The van der Waals surface area contributed by atoms with Gasteiger partial charge in [0.15, 0.2) is 0 Å². The number of benzene rings is 1. The Hall–Kier alpha value is -0.770. The van der Waals surface area contributed by atoms with E-state index in [9.17, 15) is 0 Å². The molecule has 3 nitrogen and oxygen atoms in total. The molecule has 0 saturated heterocycles. The lowest BCUT2D eigenvalue weighted by Gasteiger charge is -2.11. The van der Waals surface area contributed by atoms with Gasteiger partial charge < -0.3 is 9.47 Å². The van der Waals surface area contributed by atoms with Crippen LogP contribution in [-0.4, -0.2) is 27.5 Å². The van der Waals surface area contributed by atoms with Gasteiger partial charge in [0.1, 0.15) is 5.75 Å². The van der Waals surface area contributed by atoms with Gasteiger partial charge >= 0.3 is 0 Å². The van der Waals surface area contributed by atoms with Crippen LogP contribution in [0.3, 0.4) is 0 Å². The Morgan fingerprint density at radius 1 is 1.31 bits per heavy atom. The molecule has 1 aromatic rings. The van der Waals surface area contributed by atoms with Crippen LogP contribution in [0.25, 0.3) is 0 Å². The number of ether oxygens (including phenoxy) is 2. The summed E-state index contributed by atoms with van der Waals surface area (Å²) in [7, 11) is 3.34. The van der Waals surface area contributed by atoms with Crippen LogP contribution < -0.4 is 10.1 Å². The molecule has 0 unspecified atom stereocenters. The lowest BCUT2D eigenvalue weighted by atomic mass is 10.1. The van der Waals surface area contributed by atoms with E-state index in [2.05, 4.69) is 5.32 Å². The molecule has 1 N–H and O–H groups in total. The van der Waals surface area contributed by atoms with E-state index >= 15 is 0 Å². The molecule has 16 heavy (non-hydrogen) atoms. The van der Waals surface area contributed by atoms with Crippen molar-refractivity contribution in [2.75, 3.05) is 27.5 Å². The van der Waals surface area contributed by atoms with Gasteiger partial charge in [-0.15, -0.1) is 0 Å². The van der Waals surface area contributed by atoms with E-state index in [0.717, 1.165) is 34.9 Å². The lowest BCUT2D eigenvalue weighted by molar-refractivity contribution is 0.176. The smallest absolute Gasteiger partial charge is 0.122 e. The van der Waals surface area contributed by atoms with Crippen LogP contribution in [0, 0.1) is 6.92 Å². The zero-order valence-electron chi connectivity index (χ0n) is 9.97. The lowest BCUT2D eigenvalue weighted by Crippen LogP contribution is -2.19. The maximum Gasteiger partial charge on any atom is 0.122 e. The Kier molecular flexibility index (Phi) is 5.60. The van der Waals surface area contributed by atoms with Gasteiger partial charge in [-0.25, -0.2) is 0 Å². The Morgan fingerprint density at radius 3 is 2.69 bits per heavy atom. The number of halogens is 1. The second kappa shape index (κ2) is 6.74. The normalized spacial score (nSPS) is 10.5. The minimum Gasteiger partial charge on any atom is -0.496 e. The van der Waals surface area contributed by atoms with Crippen molar-refractivity contribution < 1.29 is 9.47 Å². The highest BCUT2D eigenvalue weighted by Crippen LogP contribution is 2.26. The predicted molar refractivity (Wildman–Crippen MR) is 66.3 cm³/mol. The molecule has 0 radical (unpaired) electrons. The average Bonchev–Trinajstić information content (AvgIpc) is 2.28. The highest BCUT2D eigenvalue weighted by atomic mass is 35.5. The number of rotatable bonds is 6. The highest BCUT2D eigenvalue weighted by molar-refractivity contribution is 6.31. The Labute approximate surface area is 102 Å². The molecule has 1 rings (SSSR count). The fraction of sp³-hybridized carbons (Fsp3) is 0.500. The van der Waals surface area contributed by atoms with Crippen molar-refractivity contribution in [3.8, 4) is 5.75 Å². The van der Waals surface area contributed by atoms with E-state index in [1.807, 2.05) is 19.1 Å². The third-order valence-corrected chi connectivity index (χ3v) is 2.79. The maximum absolute atomic E-state index is 6.08. The summed E-state index contributed by atoms with van der Waals surface area (Å²) < 4.78 is 10.2. The molecular formula is C12H18ClNO2. The summed E-state index contributed by atoms with van der Waals surface area (Å²) in [5, 5.41) is 3.93. The summed E-state index contributed by atoms with van der Waals surface area (Å²) >= 11 is 6.08. The molecule has 0 fully saturated rings. The summed E-state index contributed by atoms with van der Waals surface area (Å²) in [6.45, 7) is 3.36. The number of methoxy groups -OCH3 is 2. The summed E-state index contributed by atoms with van der Waals surface area (Å²) in [5.74, 6) is 0.890. The van der Waals surface area contributed by atoms with E-state index in [-0.39, 0.29) is 0 Å². The second-order valence-corrected chi connectivity index (χ2v) is 4.00. The van der Waals surface area contributed by atoms with Crippen LogP contribution in [0.1, 0.15) is 11.1 Å². The quantitative estimate of drug-likeness (QED) is 0.615. The minimum atomic E-state index is 0.557. The fourth-order valence-electron chi connectivity index (χ4n) is 1.48. The van der Waals surface area contributed by atoms with E-state index in [1.54, 1.807) is 14.2 Å². The number of hydrogen-bond donors (Lipinski definition) is 1. The van der Waals surface area contributed by atoms with Gasteiger partial charge in [-0.2, -0.15) is 0 Å². The number of nitrogens with one attached hydrogen (secondary N) is 1. The van der Waals surface area contributed by atoms with Crippen LogP contribution in [0.5, 0.6) is 5.75 Å². The number of aryl methyl sites for hydroxylation is 1. The zero-order chi connectivity index (χ0) is 12.0. The first kappa shape index (κ1) is 13.3. The SMILES string of the molecule is COCNCCc1cc(Cl)c(C)cc1OC. The van der Waals surface area contributed by atoms with E-state index in [1.165, 1.54) is 0 Å². The van der Waals surface area contributed by atoms with E-state index in [4.69, 9.17) is 21.1 Å². The molecule has 90 valence electrons. The van der Waals surface area contributed by atoms with Crippen LogP contribution in [0.4, 0.5) is 0 Å². The molecule has 0 aromatic heterocycles. The van der Waals surface area contributed by atoms with Gasteiger partial charge in [0.05, 0.1) is 13.8 Å². The first-order valence-corrected chi connectivity index (χ1v) is 5.59. The van der Waals surface area contributed by atoms with Crippen molar-refractivity contribution in [3.05, 3.63) is 28.3 Å². The molecule has 0 heterocycles. The van der Waals surface area contributed by atoms with Gasteiger partial charge in [0, 0.05) is 18.7 Å². The van der Waals surface area contributed by atoms with Crippen molar-refractivity contribution in [2.24, 2.45) is 0 Å². The van der Waals surface area contributed by atoms with Gasteiger partial charge in [-0.05, 0) is 36.6 Å². The van der Waals surface area contributed by atoms with Crippen molar-refractivity contribution in [3.63, 3.8) is 0 Å². The Bertz CT molecular complexity index is 342. The van der Waals surface area contributed by atoms with Gasteiger partial charge in [0.25, 0.3) is 0 Å². The van der Waals surface area contributed by atoms with Crippen molar-refractivity contribution in [2.45, 2.75) is 13.3 Å². The largest absolute Gasteiger partial charge is 0.496 e. The van der Waals surface area contributed by atoms with Crippen LogP contribution in [0.15, 0.2) is 12.1 Å². The summed E-state index contributed by atoms with van der Waals surface area (Å²) in [5.41, 5.74) is 2.15. The third kappa shape index (κ3) is 3.67. The number of hydrogen-bond acceptors (Lipinski definition) is 3. The van der Waals surface area contributed by atoms with Crippen molar-refractivity contribution in [1.82, 2.24) is 5.32 Å². The topological polar surface area (TPSA) is 30.5 Å². The highest BCUT2D eigenvalue weighted by Gasteiger charge is 2.06. The van der Waals surface area contributed by atoms with Crippen molar-refractivity contribution >= 4 is 11.6 Å². The second-order valence-electron chi connectivity index (χ2n) is 3.60. The molecule has 0 saturated carbocycles. The molecule has 0 spiro atoms. The summed E-state index contributed by atoms with van der Waals surface area (Å²) in [6.07, 6.45) is 0.868. The Balaban J connectivity index is 2.66. The predicted octanol–water partition coefficient (Wildman–Crippen LogP) is 2.39. The van der Waals surface area contributed by atoms with Crippen LogP contribution in [0.2, 0.25) is 5.02 Å². The standard InChI is InChI=1S/C12H18ClNO2/c1-9-6-12(16-3)10(7-11(9)13)4-5-14-8-15-2/h6-7,14H,4-5,8H2,1-3H3. The van der Waals surface area contributed by atoms with Crippen molar-refractivity contribution in [1.29, 1.82) is 0 Å². The molecule has 0 amide bonds. The third-order valence-electron chi connectivity index (χ3n) is 2.38. The first-order valence-electron chi connectivity index (χ1n) is 5.21. The van der Waals surface area contributed by atoms with Crippen LogP contribution >= 0.6 is 11.6 Å². The fourth-order valence-corrected chi connectivity index (χ4v) is 1.67. The summed E-state index contributed by atoms with van der Waals surface area (Å²) in [4.78, 5) is 0. The van der Waals surface area contributed by atoms with E-state index in [0.29, 0.717) is 6.73 Å². The first-order chi connectivity index (χ1) is 7.69. The molecule has 0 aliphatic rings. The monoisotopic (exact) mass is 243 g/mol. The molecule has 0 aliphatic carbocycles. The van der Waals surface area contributed by atoms with Gasteiger partial charge in [0.2, 0.25) is 0 Å². The molecular weight excluding hydrogens is 226 g/mol. The molecule has 0 aliphatic heterocycles. The zero-order valence-corrected chi connectivity index (χ0v) is 10.7. The van der Waals surface area contributed by atoms with Gasteiger partial charge in [-0.1, -0.05) is 11.6 Å². The molecule has 1 aromatic carbocycles.